The summed E-state index contributed by atoms with van der Waals surface area (Å²) in [6.45, 7) is 7.98. The molecule has 6 nitrogen and oxygen atoms in total. The monoisotopic (exact) mass is 510 g/mol. The van der Waals surface area contributed by atoms with Gasteiger partial charge < -0.3 is 5.32 Å². The van der Waals surface area contributed by atoms with E-state index < -0.39 is 27.8 Å². The summed E-state index contributed by atoms with van der Waals surface area (Å²) < 4.78 is 39.5. The lowest BCUT2D eigenvalue weighted by atomic mass is 9.86. The van der Waals surface area contributed by atoms with Crippen molar-refractivity contribution in [2.24, 2.45) is 0 Å². The van der Waals surface area contributed by atoms with E-state index in [9.17, 15) is 22.4 Å². The maximum Gasteiger partial charge on any atom is 0.248 e. The van der Waals surface area contributed by atoms with Crippen LogP contribution in [0.3, 0.4) is 0 Å². The van der Waals surface area contributed by atoms with Gasteiger partial charge >= 0.3 is 0 Å². The van der Waals surface area contributed by atoms with Crippen molar-refractivity contribution in [3.8, 4) is 0 Å². The molecule has 0 saturated heterocycles. The molecular weight excluding hydrogens is 479 g/mol. The zero-order chi connectivity index (χ0) is 26.7. The Labute approximate surface area is 212 Å². The zero-order valence-electron chi connectivity index (χ0n) is 21.1. The number of benzene rings is 3. The molecule has 0 fully saturated rings. The van der Waals surface area contributed by atoms with Gasteiger partial charge in [0.05, 0.1) is 11.9 Å². The fraction of sp³-hybridized carbons (Fsp3) is 0.286. The van der Waals surface area contributed by atoms with Crippen LogP contribution in [0.15, 0.2) is 72.8 Å². The third-order valence-electron chi connectivity index (χ3n) is 5.82. The third kappa shape index (κ3) is 6.37. The Morgan fingerprint density at radius 3 is 2.08 bits per heavy atom. The molecule has 0 aromatic heterocycles. The first-order chi connectivity index (χ1) is 16.8. The van der Waals surface area contributed by atoms with E-state index in [-0.39, 0.29) is 23.3 Å². The largest absolute Gasteiger partial charge is 0.324 e. The van der Waals surface area contributed by atoms with Crippen LogP contribution in [0.2, 0.25) is 0 Å². The summed E-state index contributed by atoms with van der Waals surface area (Å²) in [7, 11) is -3.86. The van der Waals surface area contributed by atoms with Crippen LogP contribution in [0.1, 0.15) is 55.6 Å². The van der Waals surface area contributed by atoms with Crippen LogP contribution < -0.4 is 9.62 Å². The van der Waals surface area contributed by atoms with Crippen molar-refractivity contribution in [2.45, 2.75) is 45.6 Å². The number of anilines is 2. The molecule has 1 amide bonds. The lowest BCUT2D eigenvalue weighted by Crippen LogP contribution is -2.47. The molecule has 190 valence electrons. The Kier molecular flexibility index (Phi) is 7.99. The van der Waals surface area contributed by atoms with Crippen molar-refractivity contribution in [3.05, 3.63) is 95.3 Å². The van der Waals surface area contributed by atoms with Gasteiger partial charge in [-0.05, 0) is 53.8 Å². The fourth-order valence-corrected chi connectivity index (χ4v) is 5.11. The van der Waals surface area contributed by atoms with Gasteiger partial charge in [0.15, 0.2) is 5.78 Å². The second-order valence-corrected chi connectivity index (χ2v) is 11.5. The van der Waals surface area contributed by atoms with Crippen molar-refractivity contribution >= 4 is 33.1 Å². The molecule has 36 heavy (non-hydrogen) atoms. The number of hydrogen-bond acceptors (Lipinski definition) is 4. The van der Waals surface area contributed by atoms with Gasteiger partial charge in [0, 0.05) is 16.8 Å². The Morgan fingerprint density at radius 2 is 1.56 bits per heavy atom. The molecule has 3 rings (SSSR count). The number of ketones is 1. The van der Waals surface area contributed by atoms with Crippen LogP contribution in [0.25, 0.3) is 0 Å². The minimum absolute atomic E-state index is 0.0324. The predicted molar refractivity (Wildman–Crippen MR) is 141 cm³/mol. The van der Waals surface area contributed by atoms with E-state index in [1.807, 2.05) is 12.1 Å². The van der Waals surface area contributed by atoms with E-state index in [1.54, 1.807) is 43.3 Å². The molecule has 0 radical (unpaired) electrons. The topological polar surface area (TPSA) is 83.6 Å². The van der Waals surface area contributed by atoms with Gasteiger partial charge in [0.2, 0.25) is 15.9 Å². The van der Waals surface area contributed by atoms with Crippen LogP contribution >= 0.6 is 0 Å². The molecule has 8 heteroatoms. The van der Waals surface area contributed by atoms with Crippen molar-refractivity contribution in [1.82, 2.24) is 0 Å². The highest BCUT2D eigenvalue weighted by Crippen LogP contribution is 2.25. The molecule has 0 spiro atoms. The third-order valence-corrected chi connectivity index (χ3v) is 7.00. The Morgan fingerprint density at radius 1 is 0.944 bits per heavy atom. The lowest BCUT2D eigenvalue weighted by molar-refractivity contribution is -0.117. The SMILES string of the molecule is CC[C@@H](C(=O)Nc1cccc(C(=O)c2ccc(C(C)(C)C)cc2)c1)N(c1ccc(F)cc1)S(C)(=O)=O. The molecule has 0 saturated carbocycles. The first-order valence-corrected chi connectivity index (χ1v) is 13.5. The van der Waals surface area contributed by atoms with E-state index in [1.165, 1.54) is 12.1 Å². The van der Waals surface area contributed by atoms with Gasteiger partial charge in [-0.15, -0.1) is 0 Å². The van der Waals surface area contributed by atoms with Crippen LogP contribution in [-0.2, 0) is 20.2 Å². The number of rotatable bonds is 8. The summed E-state index contributed by atoms with van der Waals surface area (Å²) in [5.41, 5.74) is 2.55. The van der Waals surface area contributed by atoms with Crippen LogP contribution in [0.4, 0.5) is 15.8 Å². The minimum atomic E-state index is -3.86. The molecule has 3 aromatic rings. The van der Waals surface area contributed by atoms with Gasteiger partial charge in [-0.1, -0.05) is 64.1 Å². The number of hydrogen-bond donors (Lipinski definition) is 1. The number of nitrogens with one attached hydrogen (secondary N) is 1. The second kappa shape index (κ2) is 10.6. The molecule has 0 heterocycles. The Balaban J connectivity index is 1.84. The highest BCUT2D eigenvalue weighted by Gasteiger charge is 2.31. The Bertz CT molecular complexity index is 1350. The molecule has 0 aliphatic carbocycles. The molecule has 1 atom stereocenters. The number of carbonyl (C=O) groups is 2. The molecule has 3 aromatic carbocycles. The number of sulfonamides is 1. The maximum absolute atomic E-state index is 13.4. The number of nitrogens with zero attached hydrogens (tertiary/aromatic N) is 1. The minimum Gasteiger partial charge on any atom is -0.324 e. The summed E-state index contributed by atoms with van der Waals surface area (Å²) >= 11 is 0. The van der Waals surface area contributed by atoms with Crippen molar-refractivity contribution in [1.29, 1.82) is 0 Å². The van der Waals surface area contributed by atoms with Crippen molar-refractivity contribution in [3.63, 3.8) is 0 Å². The van der Waals surface area contributed by atoms with E-state index in [0.29, 0.717) is 16.8 Å². The summed E-state index contributed by atoms with van der Waals surface area (Å²) in [6.07, 6.45) is 1.17. The van der Waals surface area contributed by atoms with Gasteiger partial charge in [-0.2, -0.15) is 0 Å². The summed E-state index contributed by atoms with van der Waals surface area (Å²) in [5, 5.41) is 2.73. The van der Waals surface area contributed by atoms with Crippen LogP contribution in [0.5, 0.6) is 0 Å². The summed E-state index contributed by atoms with van der Waals surface area (Å²) in [4.78, 5) is 26.2. The standard InChI is InChI=1S/C28H31FN2O4S/c1-6-25(31(36(5,34)35)24-16-14-22(29)15-17-24)27(33)30-23-9-7-8-20(18-23)26(32)19-10-12-21(13-11-19)28(2,3)4/h7-18,25H,6H2,1-5H3,(H,30,33)/t25-/m0/s1. The molecule has 0 bridgehead atoms. The van der Waals surface area contributed by atoms with Gasteiger partial charge in [-0.3, -0.25) is 13.9 Å². The first-order valence-electron chi connectivity index (χ1n) is 11.6. The molecule has 1 N–H and O–H groups in total. The smallest absolute Gasteiger partial charge is 0.248 e. The summed E-state index contributed by atoms with van der Waals surface area (Å²) in [6, 6.07) is 17.8. The lowest BCUT2D eigenvalue weighted by Gasteiger charge is -2.30. The number of halogens is 1. The van der Waals surface area contributed by atoms with E-state index in [0.717, 1.165) is 28.3 Å². The molecule has 0 aliphatic rings. The second-order valence-electron chi connectivity index (χ2n) is 9.69. The van der Waals surface area contributed by atoms with Gasteiger partial charge in [-0.25, -0.2) is 12.8 Å². The van der Waals surface area contributed by atoms with E-state index in [2.05, 4.69) is 26.1 Å². The highest BCUT2D eigenvalue weighted by molar-refractivity contribution is 7.92. The Hall–Kier alpha value is -3.52. The van der Waals surface area contributed by atoms with Crippen molar-refractivity contribution in [2.75, 3.05) is 15.9 Å². The molecule has 0 aliphatic heterocycles. The maximum atomic E-state index is 13.4. The normalized spacial score (nSPS) is 12.6. The highest BCUT2D eigenvalue weighted by atomic mass is 32.2. The van der Waals surface area contributed by atoms with E-state index in [4.69, 9.17) is 0 Å². The molecular formula is C28H31FN2O4S. The average molecular weight is 511 g/mol. The number of amides is 1. The van der Waals surface area contributed by atoms with Crippen LogP contribution in [0, 0.1) is 5.82 Å². The van der Waals surface area contributed by atoms with Crippen LogP contribution in [-0.4, -0.2) is 32.4 Å². The van der Waals surface area contributed by atoms with Gasteiger partial charge in [0.25, 0.3) is 0 Å². The van der Waals surface area contributed by atoms with Crippen molar-refractivity contribution < 1.29 is 22.4 Å². The quantitative estimate of drug-likeness (QED) is 0.404. The number of carbonyl (C=O) groups excluding carboxylic acids is 2. The van der Waals surface area contributed by atoms with E-state index >= 15 is 0 Å². The average Bonchev–Trinajstić information content (AvgIpc) is 2.81. The summed E-state index contributed by atoms with van der Waals surface area (Å²) in [5.74, 6) is -1.27. The fourth-order valence-electron chi connectivity index (χ4n) is 3.90. The first kappa shape index (κ1) is 27.1. The van der Waals surface area contributed by atoms with Gasteiger partial charge in [0.1, 0.15) is 11.9 Å². The predicted octanol–water partition coefficient (Wildman–Crippen LogP) is 5.54. The zero-order valence-corrected chi connectivity index (χ0v) is 21.9. The molecule has 0 unspecified atom stereocenters.